The third-order valence-electron chi connectivity index (χ3n) is 1.92. The van der Waals surface area contributed by atoms with Gasteiger partial charge in [0.05, 0.1) is 0 Å². The van der Waals surface area contributed by atoms with Crippen LogP contribution in [0, 0.1) is 0 Å². The second-order valence-corrected chi connectivity index (χ2v) is 4.21. The van der Waals surface area contributed by atoms with Crippen molar-refractivity contribution in [1.82, 2.24) is 5.32 Å². The maximum atomic E-state index is 11.5. The van der Waals surface area contributed by atoms with Gasteiger partial charge in [-0.2, -0.15) is 11.8 Å². The van der Waals surface area contributed by atoms with Crippen LogP contribution in [0.3, 0.4) is 0 Å². The Morgan fingerprint density at radius 1 is 1.64 bits per heavy atom. The fraction of sp³-hybridized carbons (Fsp3) is 0.556. The predicted octanol–water partition coefficient (Wildman–Crippen LogP) is 0.639. The van der Waals surface area contributed by atoms with Crippen LogP contribution in [-0.2, 0) is 9.59 Å². The second kappa shape index (κ2) is 5.05. The Hall–Kier alpha value is -0.970. The molecule has 0 aliphatic carbocycles. The number of carboxylic acid groups (broad SMARTS) is 1. The molecule has 78 valence electrons. The Kier molecular flexibility index (Phi) is 4.00. The molecular formula is C9H13NO3S. The van der Waals surface area contributed by atoms with Crippen LogP contribution >= 0.6 is 11.8 Å². The summed E-state index contributed by atoms with van der Waals surface area (Å²) >= 11 is 1.69. The highest BCUT2D eigenvalue weighted by Crippen LogP contribution is 2.16. The van der Waals surface area contributed by atoms with Gasteiger partial charge in [0.25, 0.3) is 0 Å². The van der Waals surface area contributed by atoms with Gasteiger partial charge in [-0.05, 0) is 19.1 Å². The normalized spacial score (nSPS) is 18.2. The molecule has 2 N–H and O–H groups in total. The molecule has 5 heteroatoms. The van der Waals surface area contributed by atoms with Crippen LogP contribution in [0.25, 0.3) is 0 Å². The number of thioether (sulfide) groups is 1. The van der Waals surface area contributed by atoms with E-state index < -0.39 is 12.0 Å². The summed E-state index contributed by atoms with van der Waals surface area (Å²) in [7, 11) is 0. The summed E-state index contributed by atoms with van der Waals surface area (Å²) in [6.07, 6.45) is 2.76. The van der Waals surface area contributed by atoms with E-state index in [9.17, 15) is 9.59 Å². The topological polar surface area (TPSA) is 66.4 Å². The average molecular weight is 215 g/mol. The van der Waals surface area contributed by atoms with Crippen molar-refractivity contribution in [3.63, 3.8) is 0 Å². The molecule has 0 fully saturated rings. The number of aliphatic carboxylic acids is 1. The van der Waals surface area contributed by atoms with Crippen LogP contribution in [0.5, 0.6) is 0 Å². The predicted molar refractivity (Wildman–Crippen MR) is 55.3 cm³/mol. The molecule has 0 spiro atoms. The quantitative estimate of drug-likeness (QED) is 0.725. The number of allylic oxidation sites excluding steroid dienone is 1. The largest absolute Gasteiger partial charge is 0.480 e. The van der Waals surface area contributed by atoms with Gasteiger partial charge < -0.3 is 10.4 Å². The van der Waals surface area contributed by atoms with Crippen molar-refractivity contribution < 1.29 is 14.7 Å². The van der Waals surface area contributed by atoms with Crippen LogP contribution in [0.4, 0.5) is 0 Å². The molecule has 0 bridgehead atoms. The number of amides is 1. The van der Waals surface area contributed by atoms with Gasteiger partial charge in [-0.25, -0.2) is 0 Å². The SMILES string of the molecule is C[C@H](NC(=O)C1=CCCSC1)C(=O)O. The first-order valence-corrected chi connectivity index (χ1v) is 5.57. The third-order valence-corrected chi connectivity index (χ3v) is 2.96. The highest BCUT2D eigenvalue weighted by Gasteiger charge is 2.17. The fourth-order valence-corrected chi connectivity index (χ4v) is 1.96. The molecule has 1 rings (SSSR count). The molecule has 1 aliphatic rings. The Balaban J connectivity index is 2.49. The molecule has 0 radical (unpaired) electrons. The Labute approximate surface area is 86.8 Å². The molecule has 0 aromatic carbocycles. The number of carboxylic acids is 1. The van der Waals surface area contributed by atoms with Gasteiger partial charge in [0, 0.05) is 11.3 Å². The average Bonchev–Trinajstić information content (AvgIpc) is 2.19. The lowest BCUT2D eigenvalue weighted by Gasteiger charge is -2.14. The molecule has 14 heavy (non-hydrogen) atoms. The number of rotatable bonds is 3. The number of hydrogen-bond acceptors (Lipinski definition) is 3. The van der Waals surface area contributed by atoms with Crippen molar-refractivity contribution in [1.29, 1.82) is 0 Å². The number of nitrogens with one attached hydrogen (secondary N) is 1. The Morgan fingerprint density at radius 2 is 2.36 bits per heavy atom. The van der Waals surface area contributed by atoms with E-state index in [-0.39, 0.29) is 5.91 Å². The van der Waals surface area contributed by atoms with Gasteiger partial charge in [-0.3, -0.25) is 9.59 Å². The van der Waals surface area contributed by atoms with Crippen LogP contribution in [0.2, 0.25) is 0 Å². The lowest BCUT2D eigenvalue weighted by atomic mass is 10.2. The minimum atomic E-state index is -1.01. The van der Waals surface area contributed by atoms with E-state index >= 15 is 0 Å². The highest BCUT2D eigenvalue weighted by molar-refractivity contribution is 7.99. The van der Waals surface area contributed by atoms with E-state index in [0.717, 1.165) is 12.2 Å². The summed E-state index contributed by atoms with van der Waals surface area (Å²) in [6, 6.07) is -0.824. The first-order chi connectivity index (χ1) is 6.61. The van der Waals surface area contributed by atoms with Gasteiger partial charge in [-0.1, -0.05) is 6.08 Å². The van der Waals surface area contributed by atoms with E-state index in [1.165, 1.54) is 6.92 Å². The number of carbonyl (C=O) groups is 2. The van der Waals surface area contributed by atoms with Crippen molar-refractivity contribution in [3.05, 3.63) is 11.6 Å². The minimum Gasteiger partial charge on any atom is -0.480 e. The lowest BCUT2D eigenvalue weighted by Crippen LogP contribution is -2.39. The summed E-state index contributed by atoms with van der Waals surface area (Å²) in [5.41, 5.74) is 0.689. The van der Waals surface area contributed by atoms with Crippen molar-refractivity contribution in [2.75, 3.05) is 11.5 Å². The van der Waals surface area contributed by atoms with Gasteiger partial charge >= 0.3 is 5.97 Å². The van der Waals surface area contributed by atoms with Crippen molar-refractivity contribution in [2.45, 2.75) is 19.4 Å². The van der Waals surface area contributed by atoms with Gasteiger partial charge in [-0.15, -0.1) is 0 Å². The zero-order valence-corrected chi connectivity index (χ0v) is 8.76. The molecule has 0 unspecified atom stereocenters. The molecule has 0 aromatic rings. The summed E-state index contributed by atoms with van der Waals surface area (Å²) in [4.78, 5) is 21.9. The number of hydrogen-bond donors (Lipinski definition) is 2. The van der Waals surface area contributed by atoms with Crippen molar-refractivity contribution in [2.24, 2.45) is 0 Å². The van der Waals surface area contributed by atoms with Gasteiger partial charge in [0.15, 0.2) is 0 Å². The zero-order valence-electron chi connectivity index (χ0n) is 7.95. The zero-order chi connectivity index (χ0) is 10.6. The summed E-state index contributed by atoms with van der Waals surface area (Å²) in [5, 5.41) is 11.0. The maximum absolute atomic E-state index is 11.5. The molecule has 0 saturated carbocycles. The van der Waals surface area contributed by atoms with Crippen molar-refractivity contribution >= 4 is 23.6 Å². The molecule has 0 aromatic heterocycles. The highest BCUT2D eigenvalue weighted by atomic mass is 32.2. The molecule has 1 heterocycles. The first kappa shape index (κ1) is 11.1. The van der Waals surface area contributed by atoms with Gasteiger partial charge in [0.1, 0.15) is 6.04 Å². The number of carbonyl (C=O) groups excluding carboxylic acids is 1. The van der Waals surface area contributed by atoms with E-state index in [2.05, 4.69) is 5.32 Å². The minimum absolute atomic E-state index is 0.257. The van der Waals surface area contributed by atoms with Crippen LogP contribution < -0.4 is 5.32 Å². The standard InChI is InChI=1S/C9H13NO3S/c1-6(9(12)13)10-8(11)7-3-2-4-14-5-7/h3,6H,2,4-5H2,1H3,(H,10,11)(H,12,13)/t6-/m0/s1. The van der Waals surface area contributed by atoms with Crippen molar-refractivity contribution in [3.8, 4) is 0 Å². The van der Waals surface area contributed by atoms with E-state index in [0.29, 0.717) is 11.3 Å². The van der Waals surface area contributed by atoms with Crippen LogP contribution in [0.15, 0.2) is 11.6 Å². The van der Waals surface area contributed by atoms with E-state index in [1.54, 1.807) is 11.8 Å². The molecular weight excluding hydrogens is 202 g/mol. The smallest absolute Gasteiger partial charge is 0.325 e. The lowest BCUT2D eigenvalue weighted by molar-refractivity contribution is -0.140. The molecule has 1 atom stereocenters. The van der Waals surface area contributed by atoms with Crippen LogP contribution in [0.1, 0.15) is 13.3 Å². The Bertz CT molecular complexity index is 275. The molecule has 0 saturated heterocycles. The maximum Gasteiger partial charge on any atom is 0.325 e. The second-order valence-electron chi connectivity index (χ2n) is 3.10. The summed E-state index contributed by atoms with van der Waals surface area (Å²) in [5.74, 6) is 0.443. The first-order valence-electron chi connectivity index (χ1n) is 4.41. The summed E-state index contributed by atoms with van der Waals surface area (Å²) in [6.45, 7) is 1.46. The van der Waals surface area contributed by atoms with Gasteiger partial charge in [0.2, 0.25) is 5.91 Å². The van der Waals surface area contributed by atoms with E-state index in [1.807, 2.05) is 6.08 Å². The molecule has 1 amide bonds. The summed E-state index contributed by atoms with van der Waals surface area (Å²) < 4.78 is 0. The monoisotopic (exact) mass is 215 g/mol. The van der Waals surface area contributed by atoms with Crippen LogP contribution in [-0.4, -0.2) is 34.5 Å². The third kappa shape index (κ3) is 3.06. The molecule has 1 aliphatic heterocycles. The molecule has 4 nitrogen and oxygen atoms in total. The Morgan fingerprint density at radius 3 is 2.86 bits per heavy atom. The fourth-order valence-electron chi connectivity index (χ4n) is 1.07. The van der Waals surface area contributed by atoms with E-state index in [4.69, 9.17) is 5.11 Å².